The van der Waals surface area contributed by atoms with Gasteiger partial charge in [-0.25, -0.2) is 9.59 Å². The van der Waals surface area contributed by atoms with Gasteiger partial charge in [0.2, 0.25) is 0 Å². The van der Waals surface area contributed by atoms with Gasteiger partial charge < -0.3 is 9.47 Å². The molecule has 0 aromatic carbocycles. The first-order valence-corrected chi connectivity index (χ1v) is 7.98. The van der Waals surface area contributed by atoms with E-state index >= 15 is 0 Å². The zero-order chi connectivity index (χ0) is 16.8. The van der Waals surface area contributed by atoms with Gasteiger partial charge in [0.05, 0.1) is 12.1 Å². The van der Waals surface area contributed by atoms with E-state index in [2.05, 4.69) is 4.98 Å². The van der Waals surface area contributed by atoms with E-state index in [-0.39, 0.29) is 5.15 Å². The van der Waals surface area contributed by atoms with Gasteiger partial charge in [0.15, 0.2) is 0 Å². The Labute approximate surface area is 139 Å². The van der Waals surface area contributed by atoms with E-state index in [1.54, 1.807) is 4.90 Å². The predicted octanol–water partition coefficient (Wildman–Crippen LogP) is 2.20. The number of aromatic nitrogens is 2. The van der Waals surface area contributed by atoms with Gasteiger partial charge in [-0.15, -0.1) is 0 Å². The minimum atomic E-state index is -0.631. The zero-order valence-electron chi connectivity index (χ0n) is 13.5. The lowest BCUT2D eigenvalue weighted by Gasteiger charge is -2.40. The largest absolute Gasteiger partial charge is 0.443 e. The van der Waals surface area contributed by atoms with Crippen molar-refractivity contribution in [3.05, 3.63) is 21.7 Å². The Morgan fingerprint density at radius 2 is 2.04 bits per heavy atom. The molecule has 2 aliphatic heterocycles. The van der Waals surface area contributed by atoms with Crippen LogP contribution in [-0.4, -0.2) is 40.0 Å². The van der Waals surface area contributed by atoms with Gasteiger partial charge in [-0.05, 0) is 33.6 Å². The maximum Gasteiger partial charge on any atom is 0.416 e. The molecule has 3 heterocycles. The second kappa shape index (κ2) is 5.49. The fourth-order valence-electron chi connectivity index (χ4n) is 3.14. The van der Waals surface area contributed by atoms with Gasteiger partial charge in [0, 0.05) is 19.3 Å². The summed E-state index contributed by atoms with van der Waals surface area (Å²) in [6, 6.07) is 1.54. The van der Waals surface area contributed by atoms with Crippen LogP contribution in [0.2, 0.25) is 5.15 Å². The van der Waals surface area contributed by atoms with Crippen LogP contribution in [0.15, 0.2) is 10.9 Å². The lowest BCUT2D eigenvalue weighted by molar-refractivity contribution is 0.0313. The SMILES string of the molecule is CC(C)(C)OC(=O)N1c2cc(Cl)nc(=O)n2CC12CCOCC2. The maximum atomic E-state index is 12.8. The van der Waals surface area contributed by atoms with Gasteiger partial charge >= 0.3 is 11.8 Å². The van der Waals surface area contributed by atoms with Gasteiger partial charge in [-0.1, -0.05) is 11.6 Å². The minimum Gasteiger partial charge on any atom is -0.443 e. The number of amides is 1. The first-order valence-electron chi connectivity index (χ1n) is 7.60. The molecule has 1 spiro atoms. The second-order valence-electron chi connectivity index (χ2n) is 6.96. The van der Waals surface area contributed by atoms with Crippen LogP contribution in [-0.2, 0) is 16.0 Å². The Morgan fingerprint density at radius 3 is 2.65 bits per heavy atom. The Kier molecular flexibility index (Phi) is 3.88. The van der Waals surface area contributed by atoms with E-state index in [4.69, 9.17) is 21.1 Å². The molecule has 0 saturated carbocycles. The number of nitrogens with zero attached hydrogens (tertiary/aromatic N) is 3. The average Bonchev–Trinajstić information content (AvgIpc) is 2.71. The topological polar surface area (TPSA) is 73.7 Å². The van der Waals surface area contributed by atoms with Crippen LogP contribution < -0.4 is 10.6 Å². The molecule has 7 nitrogen and oxygen atoms in total. The number of hydrogen-bond acceptors (Lipinski definition) is 5. The summed E-state index contributed by atoms with van der Waals surface area (Å²) in [4.78, 5) is 30.3. The molecule has 0 unspecified atom stereocenters. The Balaban J connectivity index is 2.08. The molecule has 126 valence electrons. The predicted molar refractivity (Wildman–Crippen MR) is 85.0 cm³/mol. The van der Waals surface area contributed by atoms with E-state index in [0.717, 1.165) is 0 Å². The smallest absolute Gasteiger partial charge is 0.416 e. The molecule has 1 fully saturated rings. The Morgan fingerprint density at radius 1 is 1.39 bits per heavy atom. The van der Waals surface area contributed by atoms with Crippen LogP contribution in [0.25, 0.3) is 0 Å². The van der Waals surface area contributed by atoms with Crippen molar-refractivity contribution in [3.63, 3.8) is 0 Å². The number of carbonyl (C=O) groups is 1. The molecule has 1 saturated heterocycles. The van der Waals surface area contributed by atoms with Gasteiger partial charge in [-0.3, -0.25) is 9.47 Å². The van der Waals surface area contributed by atoms with Crippen molar-refractivity contribution >= 4 is 23.5 Å². The van der Waals surface area contributed by atoms with Crippen LogP contribution in [0.4, 0.5) is 10.6 Å². The van der Waals surface area contributed by atoms with E-state index in [1.165, 1.54) is 10.6 Å². The van der Waals surface area contributed by atoms with Crippen LogP contribution in [0.1, 0.15) is 33.6 Å². The summed E-state index contributed by atoms with van der Waals surface area (Å²) in [5.74, 6) is 0.436. The van der Waals surface area contributed by atoms with Crippen LogP contribution >= 0.6 is 11.6 Å². The number of hydrogen-bond donors (Lipinski definition) is 0. The summed E-state index contributed by atoms with van der Waals surface area (Å²) in [5.41, 5.74) is -1.61. The van der Waals surface area contributed by atoms with Crippen molar-refractivity contribution in [2.45, 2.75) is 51.3 Å². The number of carbonyl (C=O) groups excluding carboxylic acids is 1. The Hall–Kier alpha value is -1.60. The number of anilines is 1. The van der Waals surface area contributed by atoms with E-state index in [1.807, 2.05) is 20.8 Å². The quantitative estimate of drug-likeness (QED) is 0.676. The normalized spacial score (nSPS) is 19.7. The number of halogens is 1. The molecule has 0 aliphatic carbocycles. The summed E-state index contributed by atoms with van der Waals surface area (Å²) in [7, 11) is 0. The highest BCUT2D eigenvalue weighted by molar-refractivity contribution is 6.29. The molecule has 1 aromatic heterocycles. The number of fused-ring (bicyclic) bond motifs is 1. The molecule has 0 bridgehead atoms. The fourth-order valence-corrected chi connectivity index (χ4v) is 3.31. The van der Waals surface area contributed by atoms with Crippen molar-refractivity contribution in [1.82, 2.24) is 9.55 Å². The van der Waals surface area contributed by atoms with E-state index in [0.29, 0.717) is 38.4 Å². The molecule has 23 heavy (non-hydrogen) atoms. The average molecular weight is 342 g/mol. The second-order valence-corrected chi connectivity index (χ2v) is 7.35. The monoisotopic (exact) mass is 341 g/mol. The molecule has 1 aromatic rings. The molecule has 1 amide bonds. The van der Waals surface area contributed by atoms with Crippen LogP contribution in [0, 0.1) is 0 Å². The molecule has 0 radical (unpaired) electrons. The summed E-state index contributed by atoms with van der Waals surface area (Å²) in [6.45, 7) is 6.87. The molecular formula is C15H20ClN3O4. The van der Waals surface area contributed by atoms with Crippen molar-refractivity contribution in [2.75, 3.05) is 18.1 Å². The molecule has 2 aliphatic rings. The maximum absolute atomic E-state index is 12.8. The zero-order valence-corrected chi connectivity index (χ0v) is 14.2. The number of ether oxygens (including phenoxy) is 2. The Bertz CT molecular complexity index is 689. The van der Waals surface area contributed by atoms with E-state index < -0.39 is 22.9 Å². The van der Waals surface area contributed by atoms with E-state index in [9.17, 15) is 9.59 Å². The highest BCUT2D eigenvalue weighted by atomic mass is 35.5. The van der Waals surface area contributed by atoms with Crippen LogP contribution in [0.3, 0.4) is 0 Å². The molecule has 0 atom stereocenters. The summed E-state index contributed by atoms with van der Waals surface area (Å²) < 4.78 is 12.5. The molecule has 3 rings (SSSR count). The highest BCUT2D eigenvalue weighted by Crippen LogP contribution is 2.40. The summed E-state index contributed by atoms with van der Waals surface area (Å²) in [5, 5.41) is 0.0684. The van der Waals surface area contributed by atoms with Crippen molar-refractivity contribution in [3.8, 4) is 0 Å². The fraction of sp³-hybridized carbons (Fsp3) is 0.667. The lowest BCUT2D eigenvalue weighted by atomic mass is 9.89. The minimum absolute atomic E-state index is 0.0684. The van der Waals surface area contributed by atoms with Crippen LogP contribution in [0.5, 0.6) is 0 Å². The van der Waals surface area contributed by atoms with Gasteiger partial charge in [-0.2, -0.15) is 4.98 Å². The molecule has 8 heteroatoms. The first-order chi connectivity index (χ1) is 10.7. The lowest BCUT2D eigenvalue weighted by Crippen LogP contribution is -2.54. The highest BCUT2D eigenvalue weighted by Gasteiger charge is 2.50. The van der Waals surface area contributed by atoms with Crippen molar-refractivity contribution in [2.24, 2.45) is 0 Å². The summed E-state index contributed by atoms with van der Waals surface area (Å²) in [6.07, 6.45) is 0.781. The first kappa shape index (κ1) is 16.3. The third-order valence-electron chi connectivity index (χ3n) is 4.11. The number of rotatable bonds is 0. The summed E-state index contributed by atoms with van der Waals surface area (Å²) >= 11 is 5.93. The third-order valence-corrected chi connectivity index (χ3v) is 4.31. The molecule has 0 N–H and O–H groups in total. The molecular weight excluding hydrogens is 322 g/mol. The standard InChI is InChI=1S/C15H20ClN3O4/c1-14(2,3)23-13(21)19-11-8-10(16)17-12(20)18(11)9-15(19)4-6-22-7-5-15/h8H,4-7,9H2,1-3H3. The van der Waals surface area contributed by atoms with Crippen molar-refractivity contribution in [1.29, 1.82) is 0 Å². The van der Waals surface area contributed by atoms with Gasteiger partial charge in [0.1, 0.15) is 16.6 Å². The third kappa shape index (κ3) is 2.95. The van der Waals surface area contributed by atoms with Gasteiger partial charge in [0.25, 0.3) is 0 Å². The van der Waals surface area contributed by atoms with Crippen molar-refractivity contribution < 1.29 is 14.3 Å².